The van der Waals surface area contributed by atoms with E-state index in [1.807, 2.05) is 13.8 Å². The maximum atomic E-state index is 12.3. The van der Waals surface area contributed by atoms with E-state index < -0.39 is 18.5 Å². The van der Waals surface area contributed by atoms with E-state index in [2.05, 4.69) is 10.5 Å². The van der Waals surface area contributed by atoms with Gasteiger partial charge in [-0.2, -0.15) is 5.10 Å². The average molecular weight is 386 g/mol. The SMILES string of the molecule is CCOc1ccc(C(=O)N/N=C/c2ccccc2OCC(=O)O)cc1OCC. The maximum Gasteiger partial charge on any atom is 0.341 e. The molecule has 1 amide bonds. The van der Waals surface area contributed by atoms with Crippen molar-refractivity contribution < 1.29 is 28.9 Å². The summed E-state index contributed by atoms with van der Waals surface area (Å²) in [5.74, 6) is -0.116. The molecule has 0 aliphatic heterocycles. The highest BCUT2D eigenvalue weighted by atomic mass is 16.5. The second-order valence-electron chi connectivity index (χ2n) is 5.45. The molecular formula is C20H22N2O6. The van der Waals surface area contributed by atoms with Gasteiger partial charge < -0.3 is 19.3 Å². The van der Waals surface area contributed by atoms with Crippen LogP contribution < -0.4 is 19.6 Å². The number of carboxylic acid groups (broad SMARTS) is 1. The Hall–Kier alpha value is -3.55. The molecule has 0 bridgehead atoms. The lowest BCUT2D eigenvalue weighted by Gasteiger charge is -2.11. The van der Waals surface area contributed by atoms with Crippen molar-refractivity contribution in [1.82, 2.24) is 5.43 Å². The molecule has 2 aromatic rings. The Morgan fingerprint density at radius 2 is 1.71 bits per heavy atom. The van der Waals surface area contributed by atoms with Gasteiger partial charge in [-0.15, -0.1) is 0 Å². The van der Waals surface area contributed by atoms with Crippen LogP contribution in [0.25, 0.3) is 0 Å². The number of carboxylic acids is 1. The van der Waals surface area contributed by atoms with Crippen molar-refractivity contribution in [3.8, 4) is 17.2 Å². The van der Waals surface area contributed by atoms with E-state index in [1.165, 1.54) is 6.21 Å². The molecule has 0 heterocycles. The Balaban J connectivity index is 2.08. The van der Waals surface area contributed by atoms with Gasteiger partial charge in [0.25, 0.3) is 5.91 Å². The second kappa shape index (κ2) is 10.6. The summed E-state index contributed by atoms with van der Waals surface area (Å²) < 4.78 is 16.2. The van der Waals surface area contributed by atoms with Crippen LogP contribution in [0.15, 0.2) is 47.6 Å². The Labute approximate surface area is 162 Å². The predicted octanol–water partition coefficient (Wildman–Crippen LogP) is 2.71. The average Bonchev–Trinajstić information content (AvgIpc) is 2.68. The highest BCUT2D eigenvalue weighted by molar-refractivity contribution is 5.95. The minimum Gasteiger partial charge on any atom is -0.490 e. The number of hydrazone groups is 1. The summed E-state index contributed by atoms with van der Waals surface area (Å²) in [5.41, 5.74) is 3.32. The third-order valence-electron chi connectivity index (χ3n) is 3.45. The van der Waals surface area contributed by atoms with Crippen LogP contribution in [0.4, 0.5) is 0 Å². The minimum absolute atomic E-state index is 0.350. The minimum atomic E-state index is -1.08. The van der Waals surface area contributed by atoms with Gasteiger partial charge >= 0.3 is 5.97 Å². The number of para-hydroxylation sites is 1. The first-order valence-corrected chi connectivity index (χ1v) is 8.71. The molecule has 8 heteroatoms. The lowest BCUT2D eigenvalue weighted by atomic mass is 10.2. The molecule has 28 heavy (non-hydrogen) atoms. The zero-order valence-corrected chi connectivity index (χ0v) is 15.7. The van der Waals surface area contributed by atoms with Crippen LogP contribution in [0, 0.1) is 0 Å². The van der Waals surface area contributed by atoms with Gasteiger partial charge in [-0.1, -0.05) is 12.1 Å². The highest BCUT2D eigenvalue weighted by Gasteiger charge is 2.11. The van der Waals surface area contributed by atoms with E-state index in [9.17, 15) is 9.59 Å². The fraction of sp³-hybridized carbons (Fsp3) is 0.250. The summed E-state index contributed by atoms with van der Waals surface area (Å²) in [6.45, 7) is 4.17. The smallest absolute Gasteiger partial charge is 0.341 e. The lowest BCUT2D eigenvalue weighted by molar-refractivity contribution is -0.139. The van der Waals surface area contributed by atoms with Crippen molar-refractivity contribution >= 4 is 18.1 Å². The molecule has 0 aliphatic carbocycles. The first kappa shape index (κ1) is 20.8. The van der Waals surface area contributed by atoms with Crippen molar-refractivity contribution in [2.45, 2.75) is 13.8 Å². The predicted molar refractivity (Wildman–Crippen MR) is 103 cm³/mol. The standard InChI is InChI=1S/C20H22N2O6/c1-3-26-17-10-9-14(11-18(17)27-4-2)20(25)22-21-12-15-7-5-6-8-16(15)28-13-19(23)24/h5-12H,3-4,13H2,1-2H3,(H,22,25)(H,23,24)/b21-12+. The number of carbonyl (C=O) groups is 2. The van der Waals surface area contributed by atoms with Crippen LogP contribution in [0.1, 0.15) is 29.8 Å². The molecule has 0 atom stereocenters. The van der Waals surface area contributed by atoms with Gasteiger partial charge in [-0.3, -0.25) is 4.79 Å². The Morgan fingerprint density at radius 3 is 2.43 bits per heavy atom. The summed E-state index contributed by atoms with van der Waals surface area (Å²) in [5, 5.41) is 12.6. The van der Waals surface area contributed by atoms with Crippen LogP contribution in [0.5, 0.6) is 17.2 Å². The van der Waals surface area contributed by atoms with E-state index in [0.717, 1.165) is 0 Å². The van der Waals surface area contributed by atoms with E-state index in [0.29, 0.717) is 41.6 Å². The zero-order chi connectivity index (χ0) is 20.4. The first-order valence-electron chi connectivity index (χ1n) is 8.71. The van der Waals surface area contributed by atoms with Crippen molar-refractivity contribution in [2.24, 2.45) is 5.10 Å². The normalized spacial score (nSPS) is 10.5. The van der Waals surface area contributed by atoms with Gasteiger partial charge in [0.05, 0.1) is 19.4 Å². The summed E-state index contributed by atoms with van der Waals surface area (Å²) in [4.78, 5) is 23.0. The van der Waals surface area contributed by atoms with E-state index in [1.54, 1.807) is 42.5 Å². The lowest BCUT2D eigenvalue weighted by Crippen LogP contribution is -2.18. The van der Waals surface area contributed by atoms with E-state index in [-0.39, 0.29) is 0 Å². The van der Waals surface area contributed by atoms with Crippen LogP contribution in [-0.4, -0.2) is 43.0 Å². The number of benzene rings is 2. The Bertz CT molecular complexity index is 850. The van der Waals surface area contributed by atoms with Crippen LogP contribution in [0.3, 0.4) is 0 Å². The summed E-state index contributed by atoms with van der Waals surface area (Å²) in [7, 11) is 0. The number of ether oxygens (including phenoxy) is 3. The zero-order valence-electron chi connectivity index (χ0n) is 15.7. The van der Waals surface area contributed by atoms with E-state index >= 15 is 0 Å². The van der Waals surface area contributed by atoms with Crippen molar-refractivity contribution in [3.63, 3.8) is 0 Å². The maximum absolute atomic E-state index is 12.3. The molecule has 0 saturated heterocycles. The first-order chi connectivity index (χ1) is 13.5. The Kier molecular flexibility index (Phi) is 7.83. The van der Waals surface area contributed by atoms with E-state index in [4.69, 9.17) is 19.3 Å². The third-order valence-corrected chi connectivity index (χ3v) is 3.45. The van der Waals surface area contributed by atoms with Crippen molar-refractivity contribution in [2.75, 3.05) is 19.8 Å². The molecule has 2 N–H and O–H groups in total. The molecule has 0 spiro atoms. The molecule has 8 nitrogen and oxygen atoms in total. The molecule has 0 fully saturated rings. The number of carbonyl (C=O) groups excluding carboxylic acids is 1. The molecule has 0 radical (unpaired) electrons. The monoisotopic (exact) mass is 386 g/mol. The molecule has 0 unspecified atom stereocenters. The number of rotatable bonds is 10. The summed E-state index contributed by atoms with van der Waals surface area (Å²) in [6.07, 6.45) is 1.38. The summed E-state index contributed by atoms with van der Waals surface area (Å²) >= 11 is 0. The molecule has 2 rings (SSSR count). The van der Waals surface area contributed by atoms with Crippen LogP contribution in [0.2, 0.25) is 0 Å². The summed E-state index contributed by atoms with van der Waals surface area (Å²) in [6, 6.07) is 11.6. The number of aliphatic carboxylic acids is 1. The van der Waals surface area contributed by atoms with Gasteiger partial charge in [0.15, 0.2) is 18.1 Å². The van der Waals surface area contributed by atoms with Crippen LogP contribution in [-0.2, 0) is 4.79 Å². The highest BCUT2D eigenvalue weighted by Crippen LogP contribution is 2.28. The quantitative estimate of drug-likeness (QED) is 0.480. The second-order valence-corrected chi connectivity index (χ2v) is 5.45. The topological polar surface area (TPSA) is 106 Å². The fourth-order valence-corrected chi connectivity index (χ4v) is 2.28. The number of amides is 1. The number of hydrogen-bond donors (Lipinski definition) is 2. The number of nitrogens with one attached hydrogen (secondary N) is 1. The molecule has 0 saturated carbocycles. The van der Waals surface area contributed by atoms with Crippen LogP contribution >= 0.6 is 0 Å². The van der Waals surface area contributed by atoms with Gasteiger partial charge in [0.1, 0.15) is 5.75 Å². The largest absolute Gasteiger partial charge is 0.490 e. The van der Waals surface area contributed by atoms with Gasteiger partial charge in [0, 0.05) is 11.1 Å². The molecule has 2 aromatic carbocycles. The van der Waals surface area contributed by atoms with Gasteiger partial charge in [-0.25, -0.2) is 10.2 Å². The Morgan fingerprint density at radius 1 is 1.00 bits per heavy atom. The van der Waals surface area contributed by atoms with Gasteiger partial charge in [-0.05, 0) is 44.2 Å². The molecule has 0 aromatic heterocycles. The van der Waals surface area contributed by atoms with Crippen molar-refractivity contribution in [1.29, 1.82) is 0 Å². The molecular weight excluding hydrogens is 364 g/mol. The van der Waals surface area contributed by atoms with Crippen molar-refractivity contribution in [3.05, 3.63) is 53.6 Å². The number of nitrogens with zero attached hydrogens (tertiary/aromatic N) is 1. The number of hydrogen-bond acceptors (Lipinski definition) is 6. The molecule has 148 valence electrons. The third kappa shape index (κ3) is 6.01. The van der Waals surface area contributed by atoms with Gasteiger partial charge in [0.2, 0.25) is 0 Å². The molecule has 0 aliphatic rings. The fourth-order valence-electron chi connectivity index (χ4n) is 2.28.